The maximum absolute atomic E-state index is 9.60. The molecule has 2 N–H and O–H groups in total. The van der Waals surface area contributed by atoms with Gasteiger partial charge in [0.1, 0.15) is 24.4 Å². The van der Waals surface area contributed by atoms with Crippen LogP contribution in [0.25, 0.3) is 0 Å². The molecule has 0 aromatic heterocycles. The number of ether oxygens (including phenoxy) is 4. The summed E-state index contributed by atoms with van der Waals surface area (Å²) in [4.78, 5) is 0. The lowest BCUT2D eigenvalue weighted by atomic mass is 9.99. The first kappa shape index (κ1) is 12.8. The van der Waals surface area contributed by atoms with Crippen molar-refractivity contribution in [3.63, 3.8) is 0 Å². The SMILES string of the molecule is COCC1OC(O)C(O)C(OC)C1OC. The van der Waals surface area contributed by atoms with E-state index in [9.17, 15) is 10.2 Å². The van der Waals surface area contributed by atoms with Gasteiger partial charge in [0.2, 0.25) is 0 Å². The van der Waals surface area contributed by atoms with Crippen molar-refractivity contribution < 1.29 is 29.2 Å². The molecule has 1 fully saturated rings. The van der Waals surface area contributed by atoms with Gasteiger partial charge in [0.25, 0.3) is 0 Å². The van der Waals surface area contributed by atoms with Gasteiger partial charge in [-0.25, -0.2) is 0 Å². The van der Waals surface area contributed by atoms with Crippen LogP contribution in [-0.4, -0.2) is 68.9 Å². The van der Waals surface area contributed by atoms with Crippen LogP contribution < -0.4 is 0 Å². The number of aliphatic hydroxyl groups is 2. The number of aliphatic hydroxyl groups excluding tert-OH is 2. The molecule has 0 amide bonds. The highest BCUT2D eigenvalue weighted by atomic mass is 16.7. The van der Waals surface area contributed by atoms with Crippen LogP contribution in [0, 0.1) is 0 Å². The summed E-state index contributed by atoms with van der Waals surface area (Å²) in [5.74, 6) is 0. The van der Waals surface area contributed by atoms with Crippen LogP contribution in [0.3, 0.4) is 0 Å². The molecular weight excluding hydrogens is 204 g/mol. The summed E-state index contributed by atoms with van der Waals surface area (Å²) in [6.07, 6.45) is -3.94. The summed E-state index contributed by atoms with van der Waals surface area (Å²) in [5, 5.41) is 19.0. The van der Waals surface area contributed by atoms with Crippen molar-refractivity contribution in [3.05, 3.63) is 0 Å². The first-order valence-corrected chi connectivity index (χ1v) is 4.71. The molecule has 0 saturated carbocycles. The van der Waals surface area contributed by atoms with Gasteiger partial charge in [-0.15, -0.1) is 0 Å². The number of methoxy groups -OCH3 is 3. The second-order valence-corrected chi connectivity index (χ2v) is 3.41. The van der Waals surface area contributed by atoms with Crippen LogP contribution in [0.4, 0.5) is 0 Å². The Bertz CT molecular complexity index is 187. The van der Waals surface area contributed by atoms with Gasteiger partial charge < -0.3 is 29.2 Å². The van der Waals surface area contributed by atoms with E-state index >= 15 is 0 Å². The van der Waals surface area contributed by atoms with E-state index in [0.717, 1.165) is 0 Å². The van der Waals surface area contributed by atoms with E-state index in [1.165, 1.54) is 21.3 Å². The molecule has 0 aromatic carbocycles. The second kappa shape index (κ2) is 5.74. The molecule has 0 radical (unpaired) electrons. The molecule has 0 aromatic rings. The smallest absolute Gasteiger partial charge is 0.184 e. The zero-order valence-corrected chi connectivity index (χ0v) is 9.12. The monoisotopic (exact) mass is 222 g/mol. The molecule has 1 heterocycles. The largest absolute Gasteiger partial charge is 0.385 e. The molecule has 0 aliphatic carbocycles. The predicted molar refractivity (Wildman–Crippen MR) is 50.4 cm³/mol. The predicted octanol–water partition coefficient (Wildman–Crippen LogP) is -1.26. The fraction of sp³-hybridized carbons (Fsp3) is 1.00. The fourth-order valence-electron chi connectivity index (χ4n) is 1.76. The molecule has 5 unspecified atom stereocenters. The van der Waals surface area contributed by atoms with Crippen molar-refractivity contribution in [2.75, 3.05) is 27.9 Å². The molecule has 1 aliphatic heterocycles. The Labute approximate surface area is 88.7 Å². The van der Waals surface area contributed by atoms with Crippen molar-refractivity contribution in [2.24, 2.45) is 0 Å². The molecule has 15 heavy (non-hydrogen) atoms. The zero-order valence-electron chi connectivity index (χ0n) is 9.12. The van der Waals surface area contributed by atoms with Gasteiger partial charge in [0, 0.05) is 21.3 Å². The molecule has 5 atom stereocenters. The molecule has 0 spiro atoms. The van der Waals surface area contributed by atoms with Gasteiger partial charge in [-0.3, -0.25) is 0 Å². The maximum Gasteiger partial charge on any atom is 0.184 e. The Hall–Kier alpha value is -0.240. The van der Waals surface area contributed by atoms with E-state index in [1.54, 1.807) is 0 Å². The Morgan fingerprint density at radius 2 is 1.67 bits per heavy atom. The molecule has 6 heteroatoms. The van der Waals surface area contributed by atoms with Gasteiger partial charge in [-0.05, 0) is 0 Å². The van der Waals surface area contributed by atoms with Crippen LogP contribution in [0.2, 0.25) is 0 Å². The Kier molecular flexibility index (Phi) is 4.91. The quantitative estimate of drug-likeness (QED) is 0.618. The summed E-state index contributed by atoms with van der Waals surface area (Å²) in [6, 6.07) is 0. The summed E-state index contributed by atoms with van der Waals surface area (Å²) < 4.78 is 20.3. The zero-order chi connectivity index (χ0) is 11.4. The lowest BCUT2D eigenvalue weighted by Crippen LogP contribution is -2.59. The first-order valence-electron chi connectivity index (χ1n) is 4.71. The van der Waals surface area contributed by atoms with Crippen molar-refractivity contribution in [3.8, 4) is 0 Å². The highest BCUT2D eigenvalue weighted by Crippen LogP contribution is 2.24. The van der Waals surface area contributed by atoms with E-state index in [-0.39, 0.29) is 6.61 Å². The standard InChI is InChI=1S/C9H18O6/c1-12-4-5-7(13-2)8(14-3)6(10)9(11)15-5/h5-11H,4H2,1-3H3. The van der Waals surface area contributed by atoms with Crippen LogP contribution >= 0.6 is 0 Å². The normalized spacial score (nSPS) is 41.8. The van der Waals surface area contributed by atoms with Crippen molar-refractivity contribution in [1.29, 1.82) is 0 Å². The summed E-state index contributed by atoms with van der Waals surface area (Å²) in [5.41, 5.74) is 0. The van der Waals surface area contributed by atoms with Crippen LogP contribution in [0.1, 0.15) is 0 Å². The van der Waals surface area contributed by atoms with Crippen LogP contribution in [0.5, 0.6) is 0 Å². The number of hydrogen-bond donors (Lipinski definition) is 2. The summed E-state index contributed by atoms with van der Waals surface area (Å²) in [6.45, 7) is 0.266. The van der Waals surface area contributed by atoms with E-state index in [1.807, 2.05) is 0 Å². The topological polar surface area (TPSA) is 77.4 Å². The minimum absolute atomic E-state index is 0.266. The van der Waals surface area contributed by atoms with Gasteiger partial charge in [-0.2, -0.15) is 0 Å². The van der Waals surface area contributed by atoms with Gasteiger partial charge in [-0.1, -0.05) is 0 Å². The van der Waals surface area contributed by atoms with E-state index in [4.69, 9.17) is 18.9 Å². The summed E-state index contributed by atoms with van der Waals surface area (Å²) in [7, 11) is 4.46. The highest BCUT2D eigenvalue weighted by Gasteiger charge is 2.45. The Morgan fingerprint density at radius 3 is 2.13 bits per heavy atom. The second-order valence-electron chi connectivity index (χ2n) is 3.41. The van der Waals surface area contributed by atoms with Gasteiger partial charge >= 0.3 is 0 Å². The molecule has 1 saturated heterocycles. The van der Waals surface area contributed by atoms with Gasteiger partial charge in [0.05, 0.1) is 6.61 Å². The van der Waals surface area contributed by atoms with E-state index in [0.29, 0.717) is 0 Å². The van der Waals surface area contributed by atoms with Gasteiger partial charge in [0.15, 0.2) is 6.29 Å². The molecule has 1 aliphatic rings. The van der Waals surface area contributed by atoms with E-state index < -0.39 is 30.7 Å². The first-order chi connectivity index (χ1) is 7.15. The molecule has 90 valence electrons. The van der Waals surface area contributed by atoms with Crippen molar-refractivity contribution in [1.82, 2.24) is 0 Å². The fourth-order valence-corrected chi connectivity index (χ4v) is 1.76. The third-order valence-electron chi connectivity index (χ3n) is 2.51. The minimum atomic E-state index is -1.28. The Morgan fingerprint density at radius 1 is 1.07 bits per heavy atom. The third-order valence-corrected chi connectivity index (χ3v) is 2.51. The Balaban J connectivity index is 2.73. The lowest BCUT2D eigenvalue weighted by molar-refractivity contribution is -0.295. The maximum atomic E-state index is 9.60. The van der Waals surface area contributed by atoms with Crippen molar-refractivity contribution >= 4 is 0 Å². The third kappa shape index (κ3) is 2.66. The molecule has 6 nitrogen and oxygen atoms in total. The average Bonchev–Trinajstić information content (AvgIpc) is 2.23. The summed E-state index contributed by atoms with van der Waals surface area (Å²) >= 11 is 0. The molecule has 0 bridgehead atoms. The van der Waals surface area contributed by atoms with Crippen molar-refractivity contribution in [2.45, 2.75) is 30.7 Å². The van der Waals surface area contributed by atoms with Crippen LogP contribution in [0.15, 0.2) is 0 Å². The highest BCUT2D eigenvalue weighted by molar-refractivity contribution is 4.90. The average molecular weight is 222 g/mol. The lowest BCUT2D eigenvalue weighted by Gasteiger charge is -2.41. The number of hydrogen-bond acceptors (Lipinski definition) is 6. The molecular formula is C9H18O6. The molecule has 1 rings (SSSR count). The minimum Gasteiger partial charge on any atom is -0.385 e. The van der Waals surface area contributed by atoms with Crippen LogP contribution in [-0.2, 0) is 18.9 Å². The number of rotatable bonds is 4. The van der Waals surface area contributed by atoms with E-state index in [2.05, 4.69) is 0 Å².